The topological polar surface area (TPSA) is 78.9 Å². The average Bonchev–Trinajstić information content (AvgIpc) is 2.60. The summed E-state index contributed by atoms with van der Waals surface area (Å²) >= 11 is 0. The second-order valence-electron chi connectivity index (χ2n) is 6.54. The summed E-state index contributed by atoms with van der Waals surface area (Å²) in [6.45, 7) is 6.95. The minimum Gasteiger partial charge on any atom is -0.463 e. The fraction of sp³-hybridized carbons (Fsp3) is 0.850. The highest BCUT2D eigenvalue weighted by atomic mass is 16.6. The fourth-order valence-corrected chi connectivity index (χ4v) is 2.46. The minimum atomic E-state index is -1.03. The molecule has 0 aromatic carbocycles. The van der Waals surface area contributed by atoms with Crippen LogP contribution in [0.25, 0.3) is 0 Å². The predicted molar refractivity (Wildman–Crippen MR) is 99.6 cm³/mol. The summed E-state index contributed by atoms with van der Waals surface area (Å²) in [5.41, 5.74) is 0. The van der Waals surface area contributed by atoms with E-state index < -0.39 is 30.1 Å². The van der Waals surface area contributed by atoms with Gasteiger partial charge in [-0.1, -0.05) is 58.3 Å². The van der Waals surface area contributed by atoms with E-state index in [4.69, 9.17) is 14.2 Å². The molecular weight excluding hydrogens is 336 g/mol. The molecule has 0 spiro atoms. The lowest BCUT2D eigenvalue weighted by Gasteiger charge is -2.16. The van der Waals surface area contributed by atoms with Crippen LogP contribution in [-0.2, 0) is 28.6 Å². The minimum absolute atomic E-state index is 0.212. The van der Waals surface area contributed by atoms with Crippen molar-refractivity contribution in [3.8, 4) is 0 Å². The van der Waals surface area contributed by atoms with Gasteiger partial charge in [-0.15, -0.1) is 0 Å². The van der Waals surface area contributed by atoms with Gasteiger partial charge in [-0.3, -0.25) is 4.79 Å². The first-order chi connectivity index (χ1) is 12.4. The Balaban J connectivity index is 3.78. The lowest BCUT2D eigenvalue weighted by atomic mass is 10.1. The van der Waals surface area contributed by atoms with Crippen LogP contribution < -0.4 is 0 Å². The predicted octanol–water partition coefficient (Wildman–Crippen LogP) is 4.33. The van der Waals surface area contributed by atoms with Crippen molar-refractivity contribution in [3.63, 3.8) is 0 Å². The van der Waals surface area contributed by atoms with E-state index in [1.54, 1.807) is 6.92 Å². The molecule has 0 aliphatic rings. The van der Waals surface area contributed by atoms with Gasteiger partial charge in [-0.25, -0.2) is 9.59 Å². The Morgan fingerprint density at radius 1 is 0.692 bits per heavy atom. The molecule has 0 unspecified atom stereocenters. The normalized spacial score (nSPS) is 12.9. The van der Waals surface area contributed by atoms with Crippen LogP contribution in [0.1, 0.15) is 91.9 Å². The molecule has 0 N–H and O–H groups in total. The molecule has 0 amide bonds. The van der Waals surface area contributed by atoms with E-state index in [0.717, 1.165) is 19.3 Å². The highest BCUT2D eigenvalue weighted by molar-refractivity contribution is 5.82. The van der Waals surface area contributed by atoms with Gasteiger partial charge in [0.15, 0.2) is 12.2 Å². The van der Waals surface area contributed by atoms with Gasteiger partial charge >= 0.3 is 17.9 Å². The number of hydrogen-bond acceptors (Lipinski definition) is 6. The molecule has 0 radical (unpaired) electrons. The molecule has 2 atom stereocenters. The second kappa shape index (κ2) is 15.6. The zero-order valence-electron chi connectivity index (χ0n) is 16.9. The third-order valence-electron chi connectivity index (χ3n) is 4.04. The summed E-state index contributed by atoms with van der Waals surface area (Å²) in [4.78, 5) is 35.0. The Labute approximate surface area is 157 Å². The lowest BCUT2D eigenvalue weighted by molar-refractivity contribution is -0.176. The summed E-state index contributed by atoms with van der Waals surface area (Å²) in [6, 6.07) is 0. The van der Waals surface area contributed by atoms with Crippen LogP contribution in [0.3, 0.4) is 0 Å². The smallest absolute Gasteiger partial charge is 0.347 e. The summed E-state index contributed by atoms with van der Waals surface area (Å²) in [7, 11) is 0. The molecular formula is C20H36O6. The zero-order valence-corrected chi connectivity index (χ0v) is 16.9. The van der Waals surface area contributed by atoms with Crippen molar-refractivity contribution in [2.75, 3.05) is 6.61 Å². The van der Waals surface area contributed by atoms with E-state index in [1.165, 1.54) is 52.4 Å². The van der Waals surface area contributed by atoms with Crippen LogP contribution in [0.5, 0.6) is 0 Å². The van der Waals surface area contributed by atoms with Crippen molar-refractivity contribution in [2.45, 2.75) is 104 Å². The largest absolute Gasteiger partial charge is 0.463 e. The van der Waals surface area contributed by atoms with Gasteiger partial charge in [0, 0.05) is 6.42 Å². The van der Waals surface area contributed by atoms with E-state index in [2.05, 4.69) is 6.92 Å². The van der Waals surface area contributed by atoms with Gasteiger partial charge < -0.3 is 14.2 Å². The van der Waals surface area contributed by atoms with E-state index >= 15 is 0 Å². The molecule has 0 fully saturated rings. The van der Waals surface area contributed by atoms with Crippen LogP contribution in [0.15, 0.2) is 0 Å². The number of carbonyl (C=O) groups is 3. The number of esters is 3. The molecule has 0 aromatic heterocycles. The van der Waals surface area contributed by atoms with Gasteiger partial charge in [-0.2, -0.15) is 0 Å². The maximum Gasteiger partial charge on any atom is 0.347 e. The van der Waals surface area contributed by atoms with E-state index in [9.17, 15) is 14.4 Å². The maximum absolute atomic E-state index is 11.8. The van der Waals surface area contributed by atoms with Crippen LogP contribution in [0.4, 0.5) is 0 Å². The zero-order chi connectivity index (χ0) is 19.8. The number of carbonyl (C=O) groups excluding carboxylic acids is 3. The summed E-state index contributed by atoms with van der Waals surface area (Å²) in [6.07, 6.45) is 8.75. The maximum atomic E-state index is 11.8. The van der Waals surface area contributed by atoms with Crippen LogP contribution >= 0.6 is 0 Å². The summed E-state index contributed by atoms with van der Waals surface area (Å²) in [5.74, 6) is -1.78. The van der Waals surface area contributed by atoms with Gasteiger partial charge in [0.25, 0.3) is 0 Å². The molecule has 6 heteroatoms. The second-order valence-corrected chi connectivity index (χ2v) is 6.54. The quantitative estimate of drug-likeness (QED) is 0.242. The first-order valence-electron chi connectivity index (χ1n) is 9.98. The van der Waals surface area contributed by atoms with Gasteiger partial charge in [0.05, 0.1) is 6.61 Å². The lowest BCUT2D eigenvalue weighted by Crippen LogP contribution is -2.33. The monoisotopic (exact) mass is 372 g/mol. The number of rotatable bonds is 15. The van der Waals surface area contributed by atoms with Crippen molar-refractivity contribution >= 4 is 17.9 Å². The number of ether oxygens (including phenoxy) is 3. The van der Waals surface area contributed by atoms with Crippen LogP contribution in [0.2, 0.25) is 0 Å². The molecule has 152 valence electrons. The first-order valence-corrected chi connectivity index (χ1v) is 9.98. The van der Waals surface area contributed by atoms with Crippen molar-refractivity contribution in [1.29, 1.82) is 0 Å². The molecule has 0 saturated carbocycles. The molecule has 0 aliphatic carbocycles. The Hall–Kier alpha value is -1.59. The first kappa shape index (κ1) is 24.4. The molecule has 0 rings (SSSR count). The van der Waals surface area contributed by atoms with E-state index in [-0.39, 0.29) is 6.61 Å². The van der Waals surface area contributed by atoms with Crippen molar-refractivity contribution in [2.24, 2.45) is 0 Å². The van der Waals surface area contributed by atoms with Crippen molar-refractivity contribution < 1.29 is 28.6 Å². The SMILES string of the molecule is CCCCCCCCCCCC(=O)O[C@@H](C)C(=O)O[C@H](C)C(=O)OCC. The molecule has 6 nitrogen and oxygen atoms in total. The van der Waals surface area contributed by atoms with E-state index in [1.807, 2.05) is 0 Å². The molecule has 0 heterocycles. The van der Waals surface area contributed by atoms with Crippen molar-refractivity contribution in [3.05, 3.63) is 0 Å². The number of hydrogen-bond donors (Lipinski definition) is 0. The average molecular weight is 373 g/mol. The molecule has 0 aliphatic heterocycles. The highest BCUT2D eigenvalue weighted by Crippen LogP contribution is 2.11. The molecule has 0 bridgehead atoms. The van der Waals surface area contributed by atoms with Crippen LogP contribution in [0, 0.1) is 0 Å². The Morgan fingerprint density at radius 3 is 1.73 bits per heavy atom. The van der Waals surface area contributed by atoms with Gasteiger partial charge in [0.1, 0.15) is 0 Å². The van der Waals surface area contributed by atoms with Gasteiger partial charge in [0.2, 0.25) is 0 Å². The Morgan fingerprint density at radius 2 is 1.19 bits per heavy atom. The third-order valence-corrected chi connectivity index (χ3v) is 4.04. The standard InChI is InChI=1S/C20H36O6/c1-5-7-8-9-10-11-12-13-14-15-18(21)25-17(4)20(23)26-16(3)19(22)24-6-2/h16-17H,5-15H2,1-4H3/t16-,17+/m1/s1. The molecule has 0 aromatic rings. The summed E-state index contributed by atoms with van der Waals surface area (Å²) < 4.78 is 14.7. The third kappa shape index (κ3) is 12.7. The molecule has 26 heavy (non-hydrogen) atoms. The Kier molecular flexibility index (Phi) is 14.7. The highest BCUT2D eigenvalue weighted by Gasteiger charge is 2.25. The Bertz CT molecular complexity index is 407. The summed E-state index contributed by atoms with van der Waals surface area (Å²) in [5, 5.41) is 0. The number of unbranched alkanes of at least 4 members (excludes halogenated alkanes) is 8. The fourth-order valence-electron chi connectivity index (χ4n) is 2.46. The van der Waals surface area contributed by atoms with Gasteiger partial charge in [-0.05, 0) is 27.2 Å². The molecule has 0 saturated heterocycles. The van der Waals surface area contributed by atoms with Crippen LogP contribution in [-0.4, -0.2) is 36.7 Å². The van der Waals surface area contributed by atoms with Crippen molar-refractivity contribution in [1.82, 2.24) is 0 Å². The van der Waals surface area contributed by atoms with E-state index in [0.29, 0.717) is 6.42 Å².